The molecular weight excluding hydrogens is 596 g/mol. The molecule has 3 rings (SSSR count). The van der Waals surface area contributed by atoms with Crippen LogP contribution in [0.1, 0.15) is 71.6 Å². The Morgan fingerprint density at radius 2 is 1.02 bits per heavy atom. The van der Waals surface area contributed by atoms with E-state index in [2.05, 4.69) is 69.1 Å². The van der Waals surface area contributed by atoms with Crippen molar-refractivity contribution in [3.63, 3.8) is 0 Å². The highest BCUT2D eigenvalue weighted by molar-refractivity contribution is 6.07. The van der Waals surface area contributed by atoms with Gasteiger partial charge in [0.15, 0.2) is 0 Å². The zero-order valence-corrected chi connectivity index (χ0v) is 27.9. The van der Waals surface area contributed by atoms with E-state index >= 15 is 0 Å². The second-order valence-corrected chi connectivity index (χ2v) is 10.9. The Labute approximate surface area is 277 Å². The third kappa shape index (κ3) is 12.5. The van der Waals surface area contributed by atoms with Crippen LogP contribution in [0.25, 0.3) is 0 Å². The third-order valence-electron chi connectivity index (χ3n) is 7.72. The minimum Gasteiger partial charge on any atom is -0.352 e. The summed E-state index contributed by atoms with van der Waals surface area (Å²) >= 11 is 0. The predicted molar refractivity (Wildman–Crippen MR) is 187 cm³/mol. The lowest BCUT2D eigenvalue weighted by Crippen LogP contribution is -2.31. The summed E-state index contributed by atoms with van der Waals surface area (Å²) in [7, 11) is 0. The minimum atomic E-state index is -0.435. The molecule has 5 amide bonds. The van der Waals surface area contributed by atoms with E-state index in [9.17, 15) is 19.2 Å². The maximum absolute atomic E-state index is 13.2. The second kappa shape index (κ2) is 19.6. The van der Waals surface area contributed by atoms with Crippen LogP contribution in [-0.4, -0.2) is 90.9 Å². The molecule has 0 bridgehead atoms. The van der Waals surface area contributed by atoms with Gasteiger partial charge in [0, 0.05) is 59.2 Å². The van der Waals surface area contributed by atoms with E-state index in [0.29, 0.717) is 35.7 Å². The molecular formula is C35H48N8O4. The van der Waals surface area contributed by atoms with E-state index in [0.717, 1.165) is 52.1 Å². The molecule has 12 nitrogen and oxygen atoms in total. The fourth-order valence-corrected chi connectivity index (χ4v) is 4.89. The average Bonchev–Trinajstić information content (AvgIpc) is 3.08. The van der Waals surface area contributed by atoms with Crippen molar-refractivity contribution in [3.8, 4) is 0 Å². The van der Waals surface area contributed by atoms with Crippen molar-refractivity contribution in [1.29, 1.82) is 0 Å². The van der Waals surface area contributed by atoms with Gasteiger partial charge in [0.05, 0.1) is 0 Å². The number of nitrogens with zero attached hydrogens (tertiary/aromatic N) is 3. The first-order valence-electron chi connectivity index (χ1n) is 16.3. The summed E-state index contributed by atoms with van der Waals surface area (Å²) in [6.07, 6.45) is 4.73. The van der Waals surface area contributed by atoms with Crippen molar-refractivity contribution in [1.82, 2.24) is 25.4 Å². The summed E-state index contributed by atoms with van der Waals surface area (Å²) in [5.74, 6) is -1.08. The number of benzene rings is 2. The van der Waals surface area contributed by atoms with Crippen molar-refractivity contribution in [3.05, 3.63) is 83.7 Å². The van der Waals surface area contributed by atoms with Gasteiger partial charge in [-0.1, -0.05) is 27.7 Å². The van der Waals surface area contributed by atoms with E-state index in [4.69, 9.17) is 0 Å². The molecule has 0 radical (unpaired) electrons. The normalized spacial score (nSPS) is 10.9. The number of rotatable bonds is 18. The Bertz CT molecular complexity index is 1390. The molecule has 0 aliphatic carbocycles. The Hall–Kier alpha value is -4.81. The van der Waals surface area contributed by atoms with Crippen molar-refractivity contribution < 1.29 is 19.2 Å². The van der Waals surface area contributed by atoms with Crippen molar-refractivity contribution in [2.24, 2.45) is 0 Å². The number of aromatic nitrogens is 1. The maximum atomic E-state index is 13.2. The maximum Gasteiger partial charge on any atom is 0.323 e. The first-order chi connectivity index (χ1) is 22.8. The molecule has 0 atom stereocenters. The van der Waals surface area contributed by atoms with Crippen molar-refractivity contribution >= 4 is 40.8 Å². The minimum absolute atomic E-state index is 0.277. The molecule has 252 valence electrons. The van der Waals surface area contributed by atoms with Crippen LogP contribution in [0.4, 0.5) is 21.9 Å². The summed E-state index contributed by atoms with van der Waals surface area (Å²) in [6, 6.07) is 14.0. The zero-order valence-electron chi connectivity index (χ0n) is 27.9. The van der Waals surface area contributed by atoms with E-state index in [1.165, 1.54) is 0 Å². The van der Waals surface area contributed by atoms with Crippen LogP contribution in [0.3, 0.4) is 0 Å². The van der Waals surface area contributed by atoms with Crippen LogP contribution < -0.4 is 26.6 Å². The quantitative estimate of drug-likeness (QED) is 0.124. The average molecular weight is 645 g/mol. The Balaban J connectivity index is 1.68. The van der Waals surface area contributed by atoms with E-state index in [1.54, 1.807) is 67.0 Å². The SMILES string of the molecule is CCN(CC)CCCNC(=O)c1cc(NC(=O)c2ccc(NC(=O)Nc3ccncc3)cc2)cc(C(=O)NCCCN(CC)CC)c1. The number of anilines is 3. The van der Waals surface area contributed by atoms with Gasteiger partial charge in [-0.05, 0) is 107 Å². The molecule has 2 aromatic carbocycles. The topological polar surface area (TPSA) is 148 Å². The first kappa shape index (κ1) is 36.7. The molecule has 0 saturated heterocycles. The predicted octanol–water partition coefficient (Wildman–Crippen LogP) is 4.90. The summed E-state index contributed by atoms with van der Waals surface area (Å²) in [6.45, 7) is 14.9. The molecule has 12 heteroatoms. The summed E-state index contributed by atoms with van der Waals surface area (Å²) in [5.41, 5.74) is 2.29. The summed E-state index contributed by atoms with van der Waals surface area (Å²) in [5, 5.41) is 14.1. The Morgan fingerprint density at radius 1 is 0.553 bits per heavy atom. The number of pyridine rings is 1. The number of amides is 5. The van der Waals surface area contributed by atoms with Gasteiger partial charge in [0.1, 0.15) is 0 Å². The Morgan fingerprint density at radius 3 is 1.49 bits per heavy atom. The molecule has 0 fully saturated rings. The molecule has 0 spiro atoms. The lowest BCUT2D eigenvalue weighted by Gasteiger charge is -2.18. The molecule has 0 unspecified atom stereocenters. The van der Waals surface area contributed by atoms with Gasteiger partial charge in [-0.3, -0.25) is 19.4 Å². The van der Waals surface area contributed by atoms with Gasteiger partial charge in [0.2, 0.25) is 0 Å². The van der Waals surface area contributed by atoms with Crippen LogP contribution in [-0.2, 0) is 0 Å². The molecule has 1 aromatic heterocycles. The van der Waals surface area contributed by atoms with Gasteiger partial charge >= 0.3 is 6.03 Å². The van der Waals surface area contributed by atoms with Crippen LogP contribution in [0.2, 0.25) is 0 Å². The van der Waals surface area contributed by atoms with Crippen LogP contribution in [0.5, 0.6) is 0 Å². The lowest BCUT2D eigenvalue weighted by atomic mass is 10.1. The highest BCUT2D eigenvalue weighted by Crippen LogP contribution is 2.18. The molecule has 3 aromatic rings. The van der Waals surface area contributed by atoms with Gasteiger partial charge < -0.3 is 36.4 Å². The molecule has 0 aliphatic rings. The first-order valence-corrected chi connectivity index (χ1v) is 16.3. The van der Waals surface area contributed by atoms with Gasteiger partial charge in [-0.15, -0.1) is 0 Å². The zero-order chi connectivity index (χ0) is 34.0. The fraction of sp³-hybridized carbons (Fsp3) is 0.400. The van der Waals surface area contributed by atoms with E-state index < -0.39 is 11.9 Å². The standard InChI is InChI=1S/C35H48N8O4/c1-5-42(6-2)21-9-17-37-32(44)27-23-28(33(45)38-18-10-22-43(7-3)8-4)25-31(24-27)39-34(46)26-11-13-29(14-12-26)40-35(47)41-30-15-19-36-20-16-30/h11-16,19-20,23-25H,5-10,17-18,21-22H2,1-4H3,(H,37,44)(H,38,45)(H,39,46)(H2,36,40,41,47). The number of hydrogen-bond donors (Lipinski definition) is 5. The number of urea groups is 1. The fourth-order valence-electron chi connectivity index (χ4n) is 4.89. The second-order valence-electron chi connectivity index (χ2n) is 10.9. The molecule has 0 aliphatic heterocycles. The number of carbonyl (C=O) groups excluding carboxylic acids is 4. The van der Waals surface area contributed by atoms with Crippen LogP contribution in [0.15, 0.2) is 67.0 Å². The van der Waals surface area contributed by atoms with E-state index in [1.807, 2.05) is 0 Å². The molecule has 0 saturated carbocycles. The largest absolute Gasteiger partial charge is 0.352 e. The van der Waals surface area contributed by atoms with E-state index in [-0.39, 0.29) is 22.9 Å². The van der Waals surface area contributed by atoms with Gasteiger partial charge in [-0.2, -0.15) is 0 Å². The molecule has 5 N–H and O–H groups in total. The lowest BCUT2D eigenvalue weighted by molar-refractivity contribution is 0.0949. The number of carbonyl (C=O) groups is 4. The van der Waals surface area contributed by atoms with Crippen molar-refractivity contribution in [2.75, 3.05) is 68.3 Å². The molecule has 1 heterocycles. The van der Waals surface area contributed by atoms with Gasteiger partial charge in [-0.25, -0.2) is 4.79 Å². The third-order valence-corrected chi connectivity index (χ3v) is 7.72. The number of nitrogens with one attached hydrogen (secondary N) is 5. The monoisotopic (exact) mass is 644 g/mol. The Kier molecular flexibility index (Phi) is 15.3. The molecule has 47 heavy (non-hydrogen) atoms. The highest BCUT2D eigenvalue weighted by atomic mass is 16.2. The summed E-state index contributed by atoms with van der Waals surface area (Å²) < 4.78 is 0. The van der Waals surface area contributed by atoms with Crippen LogP contribution in [0, 0.1) is 0 Å². The smallest absolute Gasteiger partial charge is 0.323 e. The highest BCUT2D eigenvalue weighted by Gasteiger charge is 2.16. The van der Waals surface area contributed by atoms with Crippen molar-refractivity contribution in [2.45, 2.75) is 40.5 Å². The van der Waals surface area contributed by atoms with Gasteiger partial charge in [0.25, 0.3) is 17.7 Å². The summed E-state index contributed by atoms with van der Waals surface area (Å²) in [4.78, 5) is 60.2. The number of hydrogen-bond acceptors (Lipinski definition) is 7. The van der Waals surface area contributed by atoms with Crippen LogP contribution >= 0.6 is 0 Å².